The Kier molecular flexibility index (Phi) is 7.81. The zero-order valence-corrected chi connectivity index (χ0v) is 18.5. The lowest BCUT2D eigenvalue weighted by Crippen LogP contribution is -2.15. The molecule has 0 bridgehead atoms. The molecule has 0 fully saturated rings. The number of hydrogen-bond donors (Lipinski definition) is 1. The predicted molar refractivity (Wildman–Crippen MR) is 115 cm³/mol. The summed E-state index contributed by atoms with van der Waals surface area (Å²) in [5.41, 5.74) is 6.20. The molecule has 0 aliphatic carbocycles. The highest BCUT2D eigenvalue weighted by molar-refractivity contribution is 7.98. The van der Waals surface area contributed by atoms with Crippen LogP contribution in [0.3, 0.4) is 0 Å². The number of carbonyl (C=O) groups excluding carboxylic acids is 1. The molecule has 0 aliphatic heterocycles. The van der Waals surface area contributed by atoms with Gasteiger partial charge in [-0.05, 0) is 30.2 Å². The first kappa shape index (κ1) is 22.2. The van der Waals surface area contributed by atoms with E-state index >= 15 is 0 Å². The summed E-state index contributed by atoms with van der Waals surface area (Å²) < 4.78 is 20.7. The number of hydrogen-bond acceptors (Lipinski definition) is 7. The fraction of sp³-hybridized carbons (Fsp3) is 0.400. The van der Waals surface area contributed by atoms with E-state index in [0.717, 1.165) is 28.2 Å². The number of amides is 1. The van der Waals surface area contributed by atoms with E-state index in [1.807, 2.05) is 5.38 Å². The van der Waals surface area contributed by atoms with Gasteiger partial charge >= 0.3 is 0 Å². The van der Waals surface area contributed by atoms with Crippen molar-refractivity contribution in [2.24, 2.45) is 11.7 Å². The summed E-state index contributed by atoms with van der Waals surface area (Å²) in [6, 6.07) is 5.92. The minimum absolute atomic E-state index is 0.254. The van der Waals surface area contributed by atoms with Crippen LogP contribution in [0.15, 0.2) is 34.8 Å². The van der Waals surface area contributed by atoms with E-state index in [1.54, 1.807) is 23.9 Å². The Bertz CT molecular complexity index is 972. The van der Waals surface area contributed by atoms with E-state index in [9.17, 15) is 9.18 Å². The molecule has 0 aliphatic rings. The maximum absolute atomic E-state index is 13.0. The molecule has 2 heterocycles. The van der Waals surface area contributed by atoms with E-state index in [0.29, 0.717) is 30.4 Å². The number of rotatable bonds is 11. The monoisotopic (exact) mass is 449 g/mol. The minimum atomic E-state index is -0.346. The van der Waals surface area contributed by atoms with E-state index in [-0.39, 0.29) is 18.1 Å². The molecule has 3 rings (SSSR count). The van der Waals surface area contributed by atoms with Crippen LogP contribution in [0.1, 0.15) is 36.8 Å². The quantitative estimate of drug-likeness (QED) is 0.447. The average molecular weight is 450 g/mol. The minimum Gasteiger partial charge on any atom is -0.486 e. The van der Waals surface area contributed by atoms with E-state index in [2.05, 4.69) is 33.6 Å². The van der Waals surface area contributed by atoms with Crippen LogP contribution in [0, 0.1) is 11.7 Å². The van der Waals surface area contributed by atoms with Crippen LogP contribution < -0.4 is 10.5 Å². The smallest absolute Gasteiger partial charge is 0.217 e. The first-order chi connectivity index (χ1) is 14.4. The third-order valence-corrected chi connectivity index (χ3v) is 5.93. The summed E-state index contributed by atoms with van der Waals surface area (Å²) in [5.74, 6) is 1.81. The van der Waals surface area contributed by atoms with Gasteiger partial charge in [0.1, 0.15) is 29.0 Å². The lowest BCUT2D eigenvalue weighted by molar-refractivity contribution is -0.118. The third-order valence-electron chi connectivity index (χ3n) is 4.06. The third kappa shape index (κ3) is 6.53. The molecule has 3 aromatic rings. The molecule has 2 aromatic heterocycles. The number of aryl methyl sites for hydroxylation is 1. The SMILES string of the molecule is CC(C)Cn1c(CCC(N)=O)nnc1SCc1csc(COc2ccc(F)cc2)n1. The molecule has 30 heavy (non-hydrogen) atoms. The van der Waals surface area contributed by atoms with Crippen molar-refractivity contribution in [3.63, 3.8) is 0 Å². The van der Waals surface area contributed by atoms with Crippen LogP contribution in [-0.4, -0.2) is 25.7 Å². The second-order valence-electron chi connectivity index (χ2n) is 7.13. The first-order valence-corrected chi connectivity index (χ1v) is 11.4. The topological polar surface area (TPSA) is 95.9 Å². The summed E-state index contributed by atoms with van der Waals surface area (Å²) in [4.78, 5) is 15.7. The molecule has 1 amide bonds. The summed E-state index contributed by atoms with van der Waals surface area (Å²) in [7, 11) is 0. The maximum atomic E-state index is 13.0. The molecule has 0 atom stereocenters. The number of nitrogens with zero attached hydrogens (tertiary/aromatic N) is 4. The number of thioether (sulfide) groups is 1. The Morgan fingerprint density at radius 2 is 2.07 bits per heavy atom. The van der Waals surface area contributed by atoms with Crippen molar-refractivity contribution >= 4 is 29.0 Å². The number of thiazole rings is 1. The summed E-state index contributed by atoms with van der Waals surface area (Å²) in [6.07, 6.45) is 0.738. The molecule has 10 heteroatoms. The molecular weight excluding hydrogens is 425 g/mol. The van der Waals surface area contributed by atoms with Crippen molar-refractivity contribution in [1.29, 1.82) is 0 Å². The second kappa shape index (κ2) is 10.5. The molecule has 0 radical (unpaired) electrons. The molecule has 7 nitrogen and oxygen atoms in total. The van der Waals surface area contributed by atoms with Gasteiger partial charge in [-0.1, -0.05) is 25.6 Å². The van der Waals surface area contributed by atoms with E-state index < -0.39 is 0 Å². The predicted octanol–water partition coefficient (Wildman–Crippen LogP) is 3.82. The van der Waals surface area contributed by atoms with Crippen LogP contribution in [0.25, 0.3) is 0 Å². The highest BCUT2D eigenvalue weighted by Crippen LogP contribution is 2.25. The molecule has 0 unspecified atom stereocenters. The van der Waals surface area contributed by atoms with Gasteiger partial charge < -0.3 is 15.0 Å². The number of primary amides is 1. The van der Waals surface area contributed by atoms with Gasteiger partial charge in [0.2, 0.25) is 5.91 Å². The molecule has 160 valence electrons. The Morgan fingerprint density at radius 3 is 2.77 bits per heavy atom. The Labute approximate surface area is 182 Å². The van der Waals surface area contributed by atoms with Crippen molar-refractivity contribution < 1.29 is 13.9 Å². The largest absolute Gasteiger partial charge is 0.486 e. The number of nitrogens with two attached hydrogens (primary N) is 1. The molecular formula is C20H24FN5O2S2. The number of aromatic nitrogens is 4. The van der Waals surface area contributed by atoms with Crippen molar-refractivity contribution in [1.82, 2.24) is 19.7 Å². The van der Waals surface area contributed by atoms with Crippen LogP contribution in [0.4, 0.5) is 4.39 Å². The lowest BCUT2D eigenvalue weighted by atomic mass is 10.2. The highest BCUT2D eigenvalue weighted by atomic mass is 32.2. The second-order valence-corrected chi connectivity index (χ2v) is 9.02. The van der Waals surface area contributed by atoms with E-state index in [4.69, 9.17) is 10.5 Å². The highest BCUT2D eigenvalue weighted by Gasteiger charge is 2.15. The van der Waals surface area contributed by atoms with E-state index in [1.165, 1.54) is 23.5 Å². The molecule has 0 spiro atoms. The number of carbonyl (C=O) groups is 1. The van der Waals surface area contributed by atoms with Gasteiger partial charge in [-0.25, -0.2) is 9.37 Å². The van der Waals surface area contributed by atoms with Gasteiger partial charge in [0.25, 0.3) is 0 Å². The fourth-order valence-corrected chi connectivity index (χ4v) is 4.36. The fourth-order valence-electron chi connectivity index (χ4n) is 2.69. The zero-order chi connectivity index (χ0) is 21.5. The summed E-state index contributed by atoms with van der Waals surface area (Å²) in [5, 5.41) is 12.2. The Balaban J connectivity index is 1.58. The summed E-state index contributed by atoms with van der Waals surface area (Å²) in [6.45, 7) is 5.36. The van der Waals surface area contributed by atoms with Gasteiger partial charge in [0.05, 0.1) is 5.69 Å². The van der Waals surface area contributed by atoms with Crippen molar-refractivity contribution in [3.05, 3.63) is 52.0 Å². The first-order valence-electron chi connectivity index (χ1n) is 9.55. The summed E-state index contributed by atoms with van der Waals surface area (Å²) >= 11 is 3.08. The van der Waals surface area contributed by atoms with Crippen molar-refractivity contribution in [2.45, 2.75) is 50.8 Å². The molecule has 0 saturated heterocycles. The zero-order valence-electron chi connectivity index (χ0n) is 16.9. The van der Waals surface area contributed by atoms with Gasteiger partial charge in [-0.15, -0.1) is 21.5 Å². The van der Waals surface area contributed by atoms with Gasteiger partial charge in [0.15, 0.2) is 5.16 Å². The standard InChI is InChI=1S/C20H24FN5O2S2/c1-13(2)9-26-18(8-7-17(22)27)24-25-20(26)30-12-15-11-29-19(23-15)10-28-16-5-3-14(21)4-6-16/h3-6,11,13H,7-10,12H2,1-2H3,(H2,22,27). The van der Waals surface area contributed by atoms with Crippen LogP contribution in [0.2, 0.25) is 0 Å². The van der Waals surface area contributed by atoms with Gasteiger partial charge in [-0.3, -0.25) is 4.79 Å². The van der Waals surface area contributed by atoms with Gasteiger partial charge in [-0.2, -0.15) is 0 Å². The van der Waals surface area contributed by atoms with Crippen molar-refractivity contribution in [3.8, 4) is 5.75 Å². The molecule has 2 N–H and O–H groups in total. The van der Waals surface area contributed by atoms with Gasteiger partial charge in [0, 0.05) is 30.5 Å². The normalized spacial score (nSPS) is 11.2. The lowest BCUT2D eigenvalue weighted by Gasteiger charge is -2.11. The van der Waals surface area contributed by atoms with Crippen LogP contribution in [-0.2, 0) is 30.1 Å². The maximum Gasteiger partial charge on any atom is 0.217 e. The molecule has 1 aromatic carbocycles. The molecule has 0 saturated carbocycles. The van der Waals surface area contributed by atoms with Crippen molar-refractivity contribution in [2.75, 3.05) is 0 Å². The van der Waals surface area contributed by atoms with Crippen LogP contribution >= 0.6 is 23.1 Å². The number of benzene rings is 1. The Hall–Kier alpha value is -2.46. The average Bonchev–Trinajstić information content (AvgIpc) is 3.31. The van der Waals surface area contributed by atoms with Crippen LogP contribution in [0.5, 0.6) is 5.75 Å². The number of ether oxygens (including phenoxy) is 1. The Morgan fingerprint density at radius 1 is 1.30 bits per heavy atom. The number of halogens is 1.